The average Bonchev–Trinajstić information content (AvgIpc) is 3.50. The van der Waals surface area contributed by atoms with Gasteiger partial charge in [0.25, 0.3) is 0 Å². The highest BCUT2D eigenvalue weighted by molar-refractivity contribution is 7.90. The number of sulfone groups is 1. The van der Waals surface area contributed by atoms with Gasteiger partial charge in [-0.1, -0.05) is 23.8 Å². The summed E-state index contributed by atoms with van der Waals surface area (Å²) in [6, 6.07) is 3.15. The molecule has 2 fully saturated rings. The number of amides is 3. The lowest BCUT2D eigenvalue weighted by Gasteiger charge is -2.27. The summed E-state index contributed by atoms with van der Waals surface area (Å²) in [7, 11) is -3.42. The zero-order valence-electron chi connectivity index (χ0n) is 25.1. The van der Waals surface area contributed by atoms with Gasteiger partial charge in [-0.2, -0.15) is 0 Å². The van der Waals surface area contributed by atoms with E-state index >= 15 is 0 Å². The molecule has 4 rings (SSSR count). The summed E-state index contributed by atoms with van der Waals surface area (Å²) in [6.07, 6.45) is 8.04. The molecule has 0 spiro atoms. The Labute approximate surface area is 253 Å². The first-order valence-corrected chi connectivity index (χ1v) is 16.9. The van der Waals surface area contributed by atoms with Crippen molar-refractivity contribution in [1.82, 2.24) is 16.0 Å². The number of ether oxygens (including phenoxy) is 1. The molecule has 2 aliphatic carbocycles. The zero-order valence-corrected chi connectivity index (χ0v) is 25.9. The van der Waals surface area contributed by atoms with E-state index in [1.165, 1.54) is 19.1 Å². The summed E-state index contributed by atoms with van der Waals surface area (Å²) in [5.74, 6) is -1.94. The zero-order chi connectivity index (χ0) is 31.4. The summed E-state index contributed by atoms with van der Waals surface area (Å²) in [6.45, 7) is 3.50. The number of allylic oxidation sites excluding steroid dienone is 1. The quantitative estimate of drug-likeness (QED) is 0.191. The molecule has 0 unspecified atom stereocenters. The number of nitrogens with one attached hydrogen (secondary N) is 3. The van der Waals surface area contributed by atoms with E-state index in [0.717, 1.165) is 31.1 Å². The van der Waals surface area contributed by atoms with Crippen LogP contribution in [0, 0.1) is 5.92 Å². The molecule has 236 valence electrons. The molecule has 1 saturated heterocycles. The van der Waals surface area contributed by atoms with Gasteiger partial charge in [0.15, 0.2) is 15.6 Å². The maximum atomic E-state index is 13.7. The minimum absolute atomic E-state index is 0.0279. The maximum absolute atomic E-state index is 13.7. The minimum atomic E-state index is -3.42. The van der Waals surface area contributed by atoms with Gasteiger partial charge in [0.05, 0.1) is 23.6 Å². The number of carbonyl (C=O) groups excluding carboxylic acids is 4. The third-order valence-electron chi connectivity index (χ3n) is 8.58. The maximum Gasteiger partial charge on any atom is 0.243 e. The van der Waals surface area contributed by atoms with Crippen molar-refractivity contribution in [2.45, 2.75) is 106 Å². The van der Waals surface area contributed by atoms with Gasteiger partial charge in [0, 0.05) is 18.6 Å². The molecular formula is C31H43N3O8S. The van der Waals surface area contributed by atoms with Gasteiger partial charge >= 0.3 is 0 Å². The minimum Gasteiger partial charge on any atom is -0.393 e. The molecule has 4 atom stereocenters. The summed E-state index contributed by atoms with van der Waals surface area (Å²) in [4.78, 5) is 53.2. The Bertz CT molecular complexity index is 1350. The van der Waals surface area contributed by atoms with E-state index in [2.05, 4.69) is 22.0 Å². The number of aliphatic hydroxyl groups is 1. The number of hydrogen-bond acceptors (Lipinski definition) is 8. The number of ketones is 1. The number of hydrogen-bond donors (Lipinski definition) is 4. The highest BCUT2D eigenvalue weighted by atomic mass is 32.2. The molecule has 1 heterocycles. The molecular weight excluding hydrogens is 574 g/mol. The van der Waals surface area contributed by atoms with E-state index in [-0.39, 0.29) is 35.5 Å². The Morgan fingerprint density at radius 1 is 0.977 bits per heavy atom. The summed E-state index contributed by atoms with van der Waals surface area (Å²) in [5, 5.41) is 18.1. The van der Waals surface area contributed by atoms with Crippen molar-refractivity contribution in [3.8, 4) is 0 Å². The van der Waals surface area contributed by atoms with Crippen LogP contribution in [0.25, 0.3) is 0 Å². The molecule has 0 radical (unpaired) electrons. The normalized spacial score (nSPS) is 25.5. The van der Waals surface area contributed by atoms with E-state index in [1.807, 2.05) is 0 Å². The molecule has 0 aromatic heterocycles. The Kier molecular flexibility index (Phi) is 10.4. The van der Waals surface area contributed by atoms with Gasteiger partial charge in [0.1, 0.15) is 17.7 Å². The first-order valence-electron chi connectivity index (χ1n) is 15.0. The van der Waals surface area contributed by atoms with Crippen molar-refractivity contribution in [1.29, 1.82) is 0 Å². The lowest BCUT2D eigenvalue weighted by Crippen LogP contribution is -2.57. The molecule has 11 nitrogen and oxygen atoms in total. The third-order valence-corrected chi connectivity index (χ3v) is 9.71. The first-order chi connectivity index (χ1) is 20.2. The van der Waals surface area contributed by atoms with Crippen LogP contribution >= 0.6 is 0 Å². The predicted molar refractivity (Wildman–Crippen MR) is 159 cm³/mol. The molecule has 3 amide bonds. The highest BCUT2D eigenvalue weighted by Gasteiger charge is 2.50. The van der Waals surface area contributed by atoms with Crippen molar-refractivity contribution in [3.05, 3.63) is 41.5 Å². The van der Waals surface area contributed by atoms with Crippen molar-refractivity contribution < 1.29 is 37.4 Å². The molecule has 1 saturated carbocycles. The fourth-order valence-corrected chi connectivity index (χ4v) is 6.27. The number of aliphatic hydroxyl groups excluding tert-OH is 1. The fraction of sp³-hybridized carbons (Fsp3) is 0.613. The monoisotopic (exact) mass is 617 g/mol. The van der Waals surface area contributed by atoms with Crippen molar-refractivity contribution >= 4 is 33.3 Å². The van der Waals surface area contributed by atoms with Gasteiger partial charge in [-0.3, -0.25) is 19.2 Å². The average molecular weight is 618 g/mol. The molecule has 43 heavy (non-hydrogen) atoms. The second kappa shape index (κ2) is 13.7. The topological polar surface area (TPSA) is 171 Å². The summed E-state index contributed by atoms with van der Waals surface area (Å²) in [5.41, 5.74) is 0.737. The first kappa shape index (κ1) is 32.8. The van der Waals surface area contributed by atoms with Crippen LogP contribution < -0.4 is 16.0 Å². The predicted octanol–water partition coefficient (Wildman–Crippen LogP) is 1.52. The molecule has 3 aliphatic rings. The Morgan fingerprint density at radius 2 is 1.60 bits per heavy atom. The van der Waals surface area contributed by atoms with E-state index in [0.29, 0.717) is 37.7 Å². The van der Waals surface area contributed by atoms with Crippen molar-refractivity contribution in [2.24, 2.45) is 5.92 Å². The molecule has 0 bridgehead atoms. The number of rotatable bonds is 13. The van der Waals surface area contributed by atoms with Gasteiger partial charge in [-0.15, -0.1) is 0 Å². The molecule has 1 aromatic rings. The van der Waals surface area contributed by atoms with Crippen LogP contribution in [0.3, 0.4) is 0 Å². The van der Waals surface area contributed by atoms with Gasteiger partial charge in [-0.05, 0) is 82.9 Å². The van der Waals surface area contributed by atoms with Crippen LogP contribution in [-0.4, -0.2) is 79.7 Å². The smallest absolute Gasteiger partial charge is 0.243 e. The second-order valence-electron chi connectivity index (χ2n) is 12.3. The van der Waals surface area contributed by atoms with Crippen molar-refractivity contribution in [3.63, 3.8) is 0 Å². The second-order valence-corrected chi connectivity index (χ2v) is 14.3. The Hall–Kier alpha value is -3.09. The Morgan fingerprint density at radius 3 is 2.16 bits per heavy atom. The van der Waals surface area contributed by atoms with Crippen LogP contribution in [-0.2, 0) is 40.2 Å². The van der Waals surface area contributed by atoms with Crippen LogP contribution in [0.2, 0.25) is 0 Å². The van der Waals surface area contributed by atoms with E-state index < -0.39 is 51.5 Å². The van der Waals surface area contributed by atoms with Gasteiger partial charge in [-0.25, -0.2) is 8.42 Å². The van der Waals surface area contributed by atoms with Gasteiger partial charge in [0.2, 0.25) is 17.7 Å². The van der Waals surface area contributed by atoms with Gasteiger partial charge < -0.3 is 25.8 Å². The van der Waals surface area contributed by atoms with Crippen LogP contribution in [0.1, 0.15) is 70.8 Å². The molecule has 4 N–H and O–H groups in total. The number of epoxide rings is 1. The molecule has 12 heteroatoms. The lowest BCUT2D eigenvalue weighted by atomic mass is 9.87. The van der Waals surface area contributed by atoms with Crippen LogP contribution in [0.15, 0.2) is 40.8 Å². The summed E-state index contributed by atoms with van der Waals surface area (Å²) < 4.78 is 29.2. The number of Topliss-reactive ketones (excluding diaryl/α,β-unsaturated/α-hetero) is 1. The number of benzene rings is 1. The lowest BCUT2D eigenvalue weighted by molar-refractivity contribution is -0.134. The molecule has 1 aromatic carbocycles. The van der Waals surface area contributed by atoms with Crippen molar-refractivity contribution in [2.75, 3.05) is 12.9 Å². The Balaban J connectivity index is 1.49. The largest absolute Gasteiger partial charge is 0.393 e. The third kappa shape index (κ3) is 8.96. The number of carbonyl (C=O) groups is 4. The van der Waals surface area contributed by atoms with E-state index in [9.17, 15) is 32.7 Å². The van der Waals surface area contributed by atoms with E-state index in [1.54, 1.807) is 19.1 Å². The SMILES string of the molecule is C[C@@H](NC(=O)C1CCC(O)CC1)C(=O)N[C@@H](Cc1ccc(S(C)(=O)=O)cc1)C(=O)N[C@@H](CC1=CCCC1)C(=O)[C@@]1(C)CO1. The molecule has 1 aliphatic heterocycles. The van der Waals surface area contributed by atoms with E-state index in [4.69, 9.17) is 4.74 Å². The van der Waals surface area contributed by atoms with Crippen LogP contribution in [0.5, 0.6) is 0 Å². The summed E-state index contributed by atoms with van der Waals surface area (Å²) >= 11 is 0. The van der Waals surface area contributed by atoms with Crippen LogP contribution in [0.4, 0.5) is 0 Å². The highest BCUT2D eigenvalue weighted by Crippen LogP contribution is 2.31. The standard InChI is InChI=1S/C31H43N3O8S/c1-19(32-29(38)22-10-12-23(35)13-11-22)28(37)34-26(17-21-8-14-24(15-9-21)43(3,40)41)30(39)33-25(16-20-6-4-5-7-20)27(36)31(2)18-42-31/h6,8-9,14-15,19,22-23,25-26,35H,4-5,7,10-13,16-18H2,1-3H3,(H,32,38)(H,33,39)(H,34,37)/t19-,22?,23?,25+,26+,31-/m1/s1. The fourth-order valence-electron chi connectivity index (χ4n) is 5.63.